The Kier molecular flexibility index (Phi) is 6.39. The van der Waals surface area contributed by atoms with Crippen molar-refractivity contribution in [2.75, 3.05) is 17.2 Å². The van der Waals surface area contributed by atoms with Crippen molar-refractivity contribution in [3.8, 4) is 5.75 Å². The van der Waals surface area contributed by atoms with Gasteiger partial charge >= 0.3 is 0 Å². The molecule has 4 heteroatoms. The molecule has 0 fully saturated rings. The molecule has 0 spiro atoms. The van der Waals surface area contributed by atoms with Gasteiger partial charge in [-0.15, -0.1) is 0 Å². The van der Waals surface area contributed by atoms with Crippen LogP contribution in [0.3, 0.4) is 0 Å². The molecule has 0 aromatic heterocycles. The average molecular weight is 453 g/mol. The van der Waals surface area contributed by atoms with Crippen LogP contribution in [-0.4, -0.2) is 12.4 Å². The van der Waals surface area contributed by atoms with E-state index in [2.05, 4.69) is 73.0 Å². The number of benzene rings is 3. The number of hydrogen-bond donors (Lipinski definition) is 2. The number of anilines is 2. The summed E-state index contributed by atoms with van der Waals surface area (Å²) >= 11 is 0. The molecule has 1 heterocycles. The Bertz CT molecular complexity index is 1200. The van der Waals surface area contributed by atoms with Crippen LogP contribution in [0.2, 0.25) is 0 Å². The Morgan fingerprint density at radius 3 is 2.26 bits per heavy atom. The maximum Gasteiger partial charge on any atom is 0.163 e. The van der Waals surface area contributed by atoms with E-state index in [1.807, 2.05) is 24.3 Å². The number of carbonyl (C=O) groups is 1. The number of rotatable bonds is 6. The zero-order valence-electron chi connectivity index (χ0n) is 19.9. The fourth-order valence-corrected chi connectivity index (χ4v) is 4.98. The highest BCUT2D eigenvalue weighted by Gasteiger charge is 2.36. The van der Waals surface area contributed by atoms with Gasteiger partial charge in [-0.25, -0.2) is 0 Å². The molecule has 2 atom stereocenters. The molecule has 1 aliphatic carbocycles. The third-order valence-electron chi connectivity index (χ3n) is 6.85. The fraction of sp³-hybridized carbons (Fsp3) is 0.300. The van der Waals surface area contributed by atoms with E-state index < -0.39 is 0 Å². The normalized spacial score (nSPS) is 19.4. The first kappa shape index (κ1) is 22.3. The number of carbonyl (C=O) groups excluding carboxylic acids is 1. The number of fused-ring (bicyclic) bond motifs is 1. The average Bonchev–Trinajstić information content (AvgIpc) is 3.05. The van der Waals surface area contributed by atoms with E-state index in [4.69, 9.17) is 4.74 Å². The van der Waals surface area contributed by atoms with Gasteiger partial charge in [-0.05, 0) is 66.1 Å². The smallest absolute Gasteiger partial charge is 0.163 e. The van der Waals surface area contributed by atoms with Gasteiger partial charge in [0.25, 0.3) is 0 Å². The highest BCUT2D eigenvalue weighted by molar-refractivity contribution is 6.01. The predicted octanol–water partition coefficient (Wildman–Crippen LogP) is 7.02. The molecule has 0 radical (unpaired) electrons. The number of Topliss-reactive ketones (excluding diaryl/α,β-unsaturated/α-hetero) is 1. The third kappa shape index (κ3) is 4.45. The molecule has 34 heavy (non-hydrogen) atoms. The standard InChI is InChI=1S/C30H32N2O2/c1-3-17-34-24-15-13-22(14-16-24)30-29-27(31-25-7-5-6-8-26(25)32-30)18-23(19-28(29)33)21-11-9-20(4-2)10-12-21/h5-16,23,30-32H,3-4,17-19H2,1-2H3. The SMILES string of the molecule is CCCOc1ccc(C2Nc3ccccc3NC3=C2C(=O)CC(c2ccc(CC)cc2)C3)cc1. The van der Waals surface area contributed by atoms with Gasteiger partial charge < -0.3 is 15.4 Å². The molecule has 0 saturated carbocycles. The van der Waals surface area contributed by atoms with Gasteiger partial charge in [-0.2, -0.15) is 0 Å². The second-order valence-corrected chi connectivity index (χ2v) is 9.18. The summed E-state index contributed by atoms with van der Waals surface area (Å²) in [6, 6.07) is 24.9. The van der Waals surface area contributed by atoms with Crippen molar-refractivity contribution < 1.29 is 9.53 Å². The summed E-state index contributed by atoms with van der Waals surface area (Å²) in [6.07, 6.45) is 3.34. The Balaban J connectivity index is 1.51. The Morgan fingerprint density at radius 1 is 0.853 bits per heavy atom. The molecule has 2 unspecified atom stereocenters. The number of nitrogens with one attached hydrogen (secondary N) is 2. The van der Waals surface area contributed by atoms with Crippen LogP contribution in [0.25, 0.3) is 0 Å². The molecule has 4 nitrogen and oxygen atoms in total. The van der Waals surface area contributed by atoms with Crippen molar-refractivity contribution in [3.05, 3.63) is 101 Å². The molecule has 3 aromatic carbocycles. The van der Waals surface area contributed by atoms with E-state index in [0.29, 0.717) is 13.0 Å². The van der Waals surface area contributed by atoms with Gasteiger partial charge in [0.15, 0.2) is 5.78 Å². The minimum atomic E-state index is -0.206. The zero-order chi connectivity index (χ0) is 23.5. The van der Waals surface area contributed by atoms with Crippen LogP contribution >= 0.6 is 0 Å². The summed E-state index contributed by atoms with van der Waals surface area (Å²) in [5.74, 6) is 1.24. The van der Waals surface area contributed by atoms with Gasteiger partial charge in [-0.3, -0.25) is 4.79 Å². The summed E-state index contributed by atoms with van der Waals surface area (Å²) in [7, 11) is 0. The lowest BCUT2D eigenvalue weighted by Crippen LogP contribution is -2.26. The second-order valence-electron chi connectivity index (χ2n) is 9.18. The summed E-state index contributed by atoms with van der Waals surface area (Å²) in [5.41, 5.74) is 7.50. The van der Waals surface area contributed by atoms with Crippen molar-refractivity contribution in [2.45, 2.75) is 51.5 Å². The second kappa shape index (κ2) is 9.76. The molecule has 2 aliphatic rings. The van der Waals surface area contributed by atoms with Crippen LogP contribution < -0.4 is 15.4 Å². The lowest BCUT2D eigenvalue weighted by Gasteiger charge is -2.30. The molecule has 0 saturated heterocycles. The number of ketones is 1. The molecule has 3 aromatic rings. The third-order valence-corrected chi connectivity index (χ3v) is 6.85. The van der Waals surface area contributed by atoms with E-state index in [1.165, 1.54) is 11.1 Å². The predicted molar refractivity (Wildman–Crippen MR) is 138 cm³/mol. The van der Waals surface area contributed by atoms with E-state index in [1.54, 1.807) is 0 Å². The van der Waals surface area contributed by atoms with Crippen LogP contribution in [0.1, 0.15) is 61.8 Å². The first-order chi connectivity index (χ1) is 16.7. The van der Waals surface area contributed by atoms with Crippen LogP contribution in [0.5, 0.6) is 5.75 Å². The number of ether oxygens (including phenoxy) is 1. The van der Waals surface area contributed by atoms with Gasteiger partial charge in [0.05, 0.1) is 24.0 Å². The van der Waals surface area contributed by atoms with Gasteiger partial charge in [0.2, 0.25) is 0 Å². The number of para-hydroxylation sites is 2. The lowest BCUT2D eigenvalue weighted by atomic mass is 9.78. The molecule has 174 valence electrons. The first-order valence-corrected chi connectivity index (χ1v) is 12.4. The topological polar surface area (TPSA) is 50.4 Å². The summed E-state index contributed by atoms with van der Waals surface area (Å²) in [6.45, 7) is 4.97. The van der Waals surface area contributed by atoms with E-state index in [-0.39, 0.29) is 17.7 Å². The highest BCUT2D eigenvalue weighted by atomic mass is 16.5. The van der Waals surface area contributed by atoms with Crippen LogP contribution in [-0.2, 0) is 11.2 Å². The van der Waals surface area contributed by atoms with Gasteiger partial charge in [0, 0.05) is 17.7 Å². The molecular formula is C30H32N2O2. The van der Waals surface area contributed by atoms with Crippen molar-refractivity contribution in [3.63, 3.8) is 0 Å². The minimum Gasteiger partial charge on any atom is -0.494 e. The van der Waals surface area contributed by atoms with E-state index in [0.717, 1.165) is 53.2 Å². The Morgan fingerprint density at radius 2 is 1.56 bits per heavy atom. The highest BCUT2D eigenvalue weighted by Crippen LogP contribution is 2.44. The van der Waals surface area contributed by atoms with E-state index in [9.17, 15) is 4.79 Å². The molecular weight excluding hydrogens is 420 g/mol. The van der Waals surface area contributed by atoms with Crippen molar-refractivity contribution in [2.24, 2.45) is 0 Å². The van der Waals surface area contributed by atoms with Crippen molar-refractivity contribution >= 4 is 17.2 Å². The van der Waals surface area contributed by atoms with Crippen LogP contribution in [0.4, 0.5) is 11.4 Å². The summed E-state index contributed by atoms with van der Waals surface area (Å²) in [5, 5.41) is 7.28. The van der Waals surface area contributed by atoms with Crippen LogP contribution in [0, 0.1) is 0 Å². The van der Waals surface area contributed by atoms with E-state index >= 15 is 0 Å². The number of allylic oxidation sites excluding steroid dienone is 1. The molecule has 5 rings (SSSR count). The summed E-state index contributed by atoms with van der Waals surface area (Å²) in [4.78, 5) is 13.7. The van der Waals surface area contributed by atoms with Crippen molar-refractivity contribution in [1.29, 1.82) is 0 Å². The molecule has 0 bridgehead atoms. The Labute approximate surface area is 202 Å². The maximum absolute atomic E-state index is 13.7. The Hall–Kier alpha value is -3.53. The molecule has 1 aliphatic heterocycles. The van der Waals surface area contributed by atoms with Crippen molar-refractivity contribution in [1.82, 2.24) is 0 Å². The molecule has 0 amide bonds. The lowest BCUT2D eigenvalue weighted by molar-refractivity contribution is -0.116. The first-order valence-electron chi connectivity index (χ1n) is 12.4. The van der Waals surface area contributed by atoms with Gasteiger partial charge in [-0.1, -0.05) is 62.4 Å². The van der Waals surface area contributed by atoms with Gasteiger partial charge in [0.1, 0.15) is 5.75 Å². The summed E-state index contributed by atoms with van der Waals surface area (Å²) < 4.78 is 5.77. The number of hydrogen-bond acceptors (Lipinski definition) is 4. The maximum atomic E-state index is 13.7. The monoisotopic (exact) mass is 452 g/mol. The quantitative estimate of drug-likeness (QED) is 0.422. The fourth-order valence-electron chi connectivity index (χ4n) is 4.98. The number of aryl methyl sites for hydroxylation is 1. The minimum absolute atomic E-state index is 0.181. The zero-order valence-corrected chi connectivity index (χ0v) is 19.9. The van der Waals surface area contributed by atoms with Crippen LogP contribution in [0.15, 0.2) is 84.1 Å². The molecule has 2 N–H and O–H groups in total. The largest absolute Gasteiger partial charge is 0.494 e.